The Morgan fingerprint density at radius 3 is 2.58 bits per heavy atom. The Kier molecular flexibility index (Phi) is 6.56. The van der Waals surface area contributed by atoms with Gasteiger partial charge in [0.1, 0.15) is 0 Å². The highest BCUT2D eigenvalue weighted by Gasteiger charge is 2.07. The Hall–Kier alpha value is -1.36. The van der Waals surface area contributed by atoms with Gasteiger partial charge >= 0.3 is 0 Å². The van der Waals surface area contributed by atoms with Crippen LogP contribution in [0.2, 0.25) is 0 Å². The number of carbonyl (C=O) groups excluding carboxylic acids is 2. The van der Waals surface area contributed by atoms with Gasteiger partial charge in [-0.15, -0.1) is 0 Å². The normalized spacial score (nSPS) is 10.3. The van der Waals surface area contributed by atoms with E-state index in [0.717, 1.165) is 10.0 Å². The molecule has 2 amide bonds. The van der Waals surface area contributed by atoms with Crippen LogP contribution in [0.1, 0.15) is 19.4 Å². The molecule has 19 heavy (non-hydrogen) atoms. The summed E-state index contributed by atoms with van der Waals surface area (Å²) in [7, 11) is 0. The first-order chi connectivity index (χ1) is 8.97. The molecular formula is C14H19BrN2O2. The largest absolute Gasteiger partial charge is 0.354 e. The van der Waals surface area contributed by atoms with Crippen molar-refractivity contribution in [1.29, 1.82) is 0 Å². The van der Waals surface area contributed by atoms with E-state index in [-0.39, 0.29) is 24.8 Å². The van der Waals surface area contributed by atoms with Crippen molar-refractivity contribution in [2.24, 2.45) is 5.92 Å². The highest BCUT2D eigenvalue weighted by molar-refractivity contribution is 9.10. The predicted molar refractivity (Wildman–Crippen MR) is 78.7 cm³/mol. The number of carbonyl (C=O) groups is 2. The van der Waals surface area contributed by atoms with Gasteiger partial charge in [-0.1, -0.05) is 41.9 Å². The van der Waals surface area contributed by atoms with E-state index in [9.17, 15) is 9.59 Å². The third-order valence-electron chi connectivity index (χ3n) is 2.41. The molecule has 2 N–H and O–H groups in total. The van der Waals surface area contributed by atoms with Crippen molar-refractivity contribution in [3.63, 3.8) is 0 Å². The van der Waals surface area contributed by atoms with Crippen LogP contribution < -0.4 is 10.6 Å². The van der Waals surface area contributed by atoms with Crippen LogP contribution in [0.15, 0.2) is 28.7 Å². The zero-order valence-electron chi connectivity index (χ0n) is 11.2. The van der Waals surface area contributed by atoms with E-state index in [2.05, 4.69) is 26.6 Å². The Bertz CT molecular complexity index is 447. The van der Waals surface area contributed by atoms with Gasteiger partial charge in [0.15, 0.2) is 0 Å². The maximum atomic E-state index is 11.7. The summed E-state index contributed by atoms with van der Waals surface area (Å²) < 4.78 is 0.937. The lowest BCUT2D eigenvalue weighted by atomic mass is 10.1. The fourth-order valence-electron chi connectivity index (χ4n) is 1.45. The molecule has 0 aliphatic rings. The molecule has 0 aromatic heterocycles. The number of benzene rings is 1. The molecule has 1 rings (SSSR count). The van der Waals surface area contributed by atoms with E-state index in [4.69, 9.17) is 0 Å². The second kappa shape index (κ2) is 7.94. The second-order valence-electron chi connectivity index (χ2n) is 4.78. The Morgan fingerprint density at radius 1 is 1.21 bits per heavy atom. The lowest BCUT2D eigenvalue weighted by molar-refractivity contribution is -0.125. The third kappa shape index (κ3) is 6.96. The van der Waals surface area contributed by atoms with Crippen LogP contribution in [0.4, 0.5) is 0 Å². The highest BCUT2D eigenvalue weighted by Crippen LogP contribution is 2.11. The van der Waals surface area contributed by atoms with Crippen molar-refractivity contribution < 1.29 is 9.59 Å². The summed E-state index contributed by atoms with van der Waals surface area (Å²) in [5.41, 5.74) is 0.912. The standard InChI is InChI=1S/C14H19BrN2O2/c1-10(2)8-16-14(19)9-17-13(18)7-11-4-3-5-12(15)6-11/h3-6,10H,7-9H2,1-2H3,(H,16,19)(H,17,18). The minimum atomic E-state index is -0.156. The predicted octanol–water partition coefficient (Wildman–Crippen LogP) is 1.88. The van der Waals surface area contributed by atoms with Crippen LogP contribution in [0.3, 0.4) is 0 Å². The number of nitrogens with one attached hydrogen (secondary N) is 2. The van der Waals surface area contributed by atoms with Gasteiger partial charge in [0.05, 0.1) is 13.0 Å². The molecule has 0 bridgehead atoms. The van der Waals surface area contributed by atoms with Crippen molar-refractivity contribution >= 4 is 27.7 Å². The summed E-state index contributed by atoms with van der Waals surface area (Å²) >= 11 is 3.35. The van der Waals surface area contributed by atoms with Crippen molar-refractivity contribution in [2.45, 2.75) is 20.3 Å². The Morgan fingerprint density at radius 2 is 1.95 bits per heavy atom. The molecule has 4 nitrogen and oxygen atoms in total. The SMILES string of the molecule is CC(C)CNC(=O)CNC(=O)Cc1cccc(Br)c1. The minimum Gasteiger partial charge on any atom is -0.354 e. The number of rotatable bonds is 6. The van der Waals surface area contributed by atoms with Crippen LogP contribution in [-0.4, -0.2) is 24.9 Å². The van der Waals surface area contributed by atoms with E-state index < -0.39 is 0 Å². The van der Waals surface area contributed by atoms with Crippen molar-refractivity contribution in [1.82, 2.24) is 10.6 Å². The van der Waals surface area contributed by atoms with E-state index in [1.165, 1.54) is 0 Å². The Labute approximate surface area is 122 Å². The summed E-state index contributed by atoms with van der Waals surface area (Å²) in [6.45, 7) is 4.69. The summed E-state index contributed by atoms with van der Waals surface area (Å²) in [5, 5.41) is 5.36. The number of hydrogen-bond acceptors (Lipinski definition) is 2. The molecule has 0 fully saturated rings. The first kappa shape index (κ1) is 15.7. The molecule has 0 aliphatic heterocycles. The summed E-state index contributed by atoms with van der Waals surface area (Å²) in [6.07, 6.45) is 0.275. The molecule has 0 saturated carbocycles. The molecule has 0 radical (unpaired) electrons. The topological polar surface area (TPSA) is 58.2 Å². The van der Waals surface area contributed by atoms with Crippen molar-refractivity contribution in [3.8, 4) is 0 Å². The molecule has 0 heterocycles. The number of halogens is 1. The van der Waals surface area contributed by atoms with Crippen LogP contribution in [0.5, 0.6) is 0 Å². The van der Waals surface area contributed by atoms with Crippen LogP contribution in [-0.2, 0) is 16.0 Å². The van der Waals surface area contributed by atoms with Gasteiger partial charge < -0.3 is 10.6 Å². The van der Waals surface area contributed by atoms with Crippen LogP contribution >= 0.6 is 15.9 Å². The van der Waals surface area contributed by atoms with E-state index in [0.29, 0.717) is 12.5 Å². The monoisotopic (exact) mass is 326 g/mol. The number of hydrogen-bond donors (Lipinski definition) is 2. The van der Waals surface area contributed by atoms with Crippen molar-refractivity contribution in [2.75, 3.05) is 13.1 Å². The fraction of sp³-hybridized carbons (Fsp3) is 0.429. The maximum absolute atomic E-state index is 11.7. The maximum Gasteiger partial charge on any atom is 0.239 e. The minimum absolute atomic E-state index is 0.0273. The first-order valence-corrected chi connectivity index (χ1v) is 7.04. The van der Waals surface area contributed by atoms with Gasteiger partial charge in [-0.05, 0) is 23.6 Å². The molecule has 0 spiro atoms. The highest BCUT2D eigenvalue weighted by atomic mass is 79.9. The number of amides is 2. The second-order valence-corrected chi connectivity index (χ2v) is 5.70. The zero-order valence-corrected chi connectivity index (χ0v) is 12.8. The third-order valence-corrected chi connectivity index (χ3v) is 2.90. The molecule has 0 aliphatic carbocycles. The summed E-state index contributed by atoms with van der Waals surface area (Å²) in [6, 6.07) is 7.55. The van der Waals surface area contributed by atoms with Gasteiger partial charge in [0, 0.05) is 11.0 Å². The van der Waals surface area contributed by atoms with Crippen LogP contribution in [0.25, 0.3) is 0 Å². The van der Waals surface area contributed by atoms with Crippen molar-refractivity contribution in [3.05, 3.63) is 34.3 Å². The molecule has 0 unspecified atom stereocenters. The molecule has 1 aromatic rings. The van der Waals surface area contributed by atoms with Gasteiger partial charge in [-0.2, -0.15) is 0 Å². The smallest absolute Gasteiger partial charge is 0.239 e. The van der Waals surface area contributed by atoms with Gasteiger partial charge in [-0.25, -0.2) is 0 Å². The lowest BCUT2D eigenvalue weighted by Gasteiger charge is -2.08. The van der Waals surface area contributed by atoms with Gasteiger partial charge in [0.25, 0.3) is 0 Å². The molecular weight excluding hydrogens is 308 g/mol. The van der Waals surface area contributed by atoms with Gasteiger partial charge in [-0.3, -0.25) is 9.59 Å². The molecule has 1 aromatic carbocycles. The fourth-order valence-corrected chi connectivity index (χ4v) is 1.90. The lowest BCUT2D eigenvalue weighted by Crippen LogP contribution is -2.38. The molecule has 5 heteroatoms. The first-order valence-electron chi connectivity index (χ1n) is 6.25. The summed E-state index contributed by atoms with van der Waals surface area (Å²) in [5.74, 6) is 0.0930. The molecule has 0 atom stereocenters. The van der Waals surface area contributed by atoms with E-state index >= 15 is 0 Å². The zero-order chi connectivity index (χ0) is 14.3. The van der Waals surface area contributed by atoms with E-state index in [1.807, 2.05) is 38.1 Å². The molecule has 0 saturated heterocycles. The average molecular weight is 327 g/mol. The van der Waals surface area contributed by atoms with E-state index in [1.54, 1.807) is 0 Å². The van der Waals surface area contributed by atoms with Crippen LogP contribution in [0, 0.1) is 5.92 Å². The molecule has 104 valence electrons. The Balaban J connectivity index is 2.30. The summed E-state index contributed by atoms with van der Waals surface area (Å²) in [4.78, 5) is 23.1. The quantitative estimate of drug-likeness (QED) is 0.838. The average Bonchev–Trinajstić information content (AvgIpc) is 2.34. The van der Waals surface area contributed by atoms with Gasteiger partial charge in [0.2, 0.25) is 11.8 Å².